The van der Waals surface area contributed by atoms with Gasteiger partial charge in [-0.25, -0.2) is 5.10 Å². The number of carbonyl (C=O) groups is 2. The summed E-state index contributed by atoms with van der Waals surface area (Å²) >= 11 is 0. The minimum atomic E-state index is -0.534. The van der Waals surface area contributed by atoms with E-state index in [0.717, 1.165) is 32.2 Å². The Labute approximate surface area is 151 Å². The van der Waals surface area contributed by atoms with E-state index in [1.165, 1.54) is 0 Å². The minimum absolute atomic E-state index is 0.0955. The normalized spacial score (nSPS) is 17.3. The maximum absolute atomic E-state index is 12.4. The second-order valence-electron chi connectivity index (χ2n) is 6.53. The van der Waals surface area contributed by atoms with Crippen molar-refractivity contribution in [2.24, 2.45) is 0 Å². The predicted octanol–water partition coefficient (Wildman–Crippen LogP) is 1.80. The Kier molecular flexibility index (Phi) is 5.65. The number of hydrogen-bond donors (Lipinski definition) is 1. The third-order valence-corrected chi connectivity index (χ3v) is 4.86. The van der Waals surface area contributed by atoms with Crippen molar-refractivity contribution in [1.29, 1.82) is 0 Å². The van der Waals surface area contributed by atoms with Crippen molar-refractivity contribution in [3.05, 3.63) is 40.3 Å². The van der Waals surface area contributed by atoms with E-state index in [0.29, 0.717) is 16.5 Å². The second kappa shape index (κ2) is 8.12. The van der Waals surface area contributed by atoms with Crippen molar-refractivity contribution < 1.29 is 14.3 Å². The largest absolute Gasteiger partial charge is 0.455 e. The van der Waals surface area contributed by atoms with Crippen LogP contribution in [-0.4, -0.2) is 46.2 Å². The molecule has 1 amide bonds. The van der Waals surface area contributed by atoms with E-state index in [4.69, 9.17) is 4.74 Å². The van der Waals surface area contributed by atoms with Crippen LogP contribution in [0.2, 0.25) is 0 Å². The molecule has 1 aliphatic rings. The third kappa shape index (κ3) is 3.92. The summed E-state index contributed by atoms with van der Waals surface area (Å²) in [4.78, 5) is 38.1. The Morgan fingerprint density at radius 3 is 2.81 bits per heavy atom. The molecule has 1 saturated heterocycles. The summed E-state index contributed by atoms with van der Waals surface area (Å²) in [5.41, 5.74) is 0.130. The number of H-pyrrole nitrogens is 1. The quantitative estimate of drug-likeness (QED) is 0.824. The highest BCUT2D eigenvalue weighted by molar-refractivity contribution is 5.87. The smallest absolute Gasteiger partial charge is 0.312 e. The number of amides is 1. The number of nitrogens with one attached hydrogen (secondary N) is 1. The van der Waals surface area contributed by atoms with Crippen molar-refractivity contribution in [3.63, 3.8) is 0 Å². The van der Waals surface area contributed by atoms with Crippen molar-refractivity contribution in [3.8, 4) is 0 Å². The van der Waals surface area contributed by atoms with Gasteiger partial charge in [-0.3, -0.25) is 14.4 Å². The molecule has 1 aliphatic heterocycles. The molecule has 1 aromatic heterocycles. The fourth-order valence-electron chi connectivity index (χ4n) is 3.47. The zero-order valence-electron chi connectivity index (χ0n) is 14.9. The number of aromatic nitrogens is 2. The molecule has 0 radical (unpaired) electrons. The van der Waals surface area contributed by atoms with E-state index >= 15 is 0 Å². The number of rotatable bonds is 5. The number of esters is 1. The van der Waals surface area contributed by atoms with Crippen LogP contribution < -0.4 is 5.56 Å². The summed E-state index contributed by atoms with van der Waals surface area (Å²) in [5.74, 6) is -0.683. The van der Waals surface area contributed by atoms with Gasteiger partial charge in [0.2, 0.25) is 0 Å². The third-order valence-electron chi connectivity index (χ3n) is 4.86. The molecule has 0 aliphatic carbocycles. The summed E-state index contributed by atoms with van der Waals surface area (Å²) in [5, 5.41) is 7.43. The molecule has 3 rings (SSSR count). The van der Waals surface area contributed by atoms with E-state index in [9.17, 15) is 14.4 Å². The predicted molar refractivity (Wildman–Crippen MR) is 96.7 cm³/mol. The van der Waals surface area contributed by atoms with Crippen molar-refractivity contribution in [1.82, 2.24) is 15.1 Å². The molecular formula is C19H23N3O4. The molecule has 2 heterocycles. The van der Waals surface area contributed by atoms with Crippen LogP contribution in [0, 0.1) is 0 Å². The Morgan fingerprint density at radius 2 is 2.04 bits per heavy atom. The van der Waals surface area contributed by atoms with Gasteiger partial charge in [-0.05, 0) is 31.7 Å². The molecule has 0 spiro atoms. The van der Waals surface area contributed by atoms with Crippen molar-refractivity contribution in [2.45, 2.75) is 45.1 Å². The molecule has 1 fully saturated rings. The summed E-state index contributed by atoms with van der Waals surface area (Å²) in [6.45, 7) is 2.53. The zero-order chi connectivity index (χ0) is 18.5. The van der Waals surface area contributed by atoms with Crippen LogP contribution in [0.25, 0.3) is 10.8 Å². The van der Waals surface area contributed by atoms with Gasteiger partial charge in [0.1, 0.15) is 0 Å². The molecule has 2 aromatic rings. The first kappa shape index (κ1) is 18.1. The average Bonchev–Trinajstić information content (AvgIpc) is 2.68. The van der Waals surface area contributed by atoms with Gasteiger partial charge >= 0.3 is 5.97 Å². The summed E-state index contributed by atoms with van der Waals surface area (Å²) in [6, 6.07) is 7.18. The van der Waals surface area contributed by atoms with Crippen LogP contribution in [0.3, 0.4) is 0 Å². The number of carbonyl (C=O) groups excluding carboxylic acids is 2. The van der Waals surface area contributed by atoms with Crippen LogP contribution in [0.5, 0.6) is 0 Å². The number of ether oxygens (including phenoxy) is 1. The first-order chi connectivity index (χ1) is 12.6. The van der Waals surface area contributed by atoms with Gasteiger partial charge in [0.25, 0.3) is 11.5 Å². The van der Waals surface area contributed by atoms with Gasteiger partial charge in [-0.15, -0.1) is 0 Å². The molecular weight excluding hydrogens is 334 g/mol. The summed E-state index contributed by atoms with van der Waals surface area (Å²) < 4.78 is 5.17. The Hall–Kier alpha value is -2.70. The second-order valence-corrected chi connectivity index (χ2v) is 6.53. The van der Waals surface area contributed by atoms with Crippen LogP contribution in [0.4, 0.5) is 0 Å². The molecule has 1 N–H and O–H groups in total. The minimum Gasteiger partial charge on any atom is -0.455 e. The van der Waals surface area contributed by atoms with Crippen LogP contribution in [0.15, 0.2) is 29.1 Å². The number of piperidine rings is 1. The van der Waals surface area contributed by atoms with E-state index in [2.05, 4.69) is 17.1 Å². The van der Waals surface area contributed by atoms with Crippen molar-refractivity contribution in [2.75, 3.05) is 13.2 Å². The molecule has 138 valence electrons. The van der Waals surface area contributed by atoms with Gasteiger partial charge in [0.05, 0.1) is 17.5 Å². The Balaban J connectivity index is 1.62. The van der Waals surface area contributed by atoms with Gasteiger partial charge in [-0.1, -0.05) is 25.1 Å². The molecule has 0 unspecified atom stereocenters. The van der Waals surface area contributed by atoms with Crippen LogP contribution >= 0.6 is 0 Å². The highest BCUT2D eigenvalue weighted by atomic mass is 16.5. The van der Waals surface area contributed by atoms with Crippen molar-refractivity contribution >= 4 is 22.6 Å². The number of likely N-dealkylation sites (tertiary alicyclic amines) is 1. The first-order valence-electron chi connectivity index (χ1n) is 9.01. The lowest BCUT2D eigenvalue weighted by atomic mass is 10.00. The monoisotopic (exact) mass is 357 g/mol. The van der Waals surface area contributed by atoms with Gasteiger partial charge in [-0.2, -0.15) is 5.10 Å². The molecule has 7 heteroatoms. The van der Waals surface area contributed by atoms with Crippen LogP contribution in [-0.2, 0) is 20.7 Å². The maximum Gasteiger partial charge on any atom is 0.312 e. The average molecular weight is 357 g/mol. The summed E-state index contributed by atoms with van der Waals surface area (Å²) in [7, 11) is 0. The molecule has 1 atom stereocenters. The fraction of sp³-hybridized carbons (Fsp3) is 0.474. The van der Waals surface area contributed by atoms with E-state index < -0.39 is 5.97 Å². The number of benzene rings is 1. The molecule has 0 saturated carbocycles. The Bertz CT molecular complexity index is 861. The molecule has 0 bridgehead atoms. The highest BCUT2D eigenvalue weighted by Gasteiger charge is 2.26. The maximum atomic E-state index is 12.4. The highest BCUT2D eigenvalue weighted by Crippen LogP contribution is 2.19. The SMILES string of the molecule is CC[C@@H]1CCCCN1C(=O)COC(=O)Cc1n[nH]c(=O)c2ccccc12. The number of hydrogen-bond acceptors (Lipinski definition) is 5. The Morgan fingerprint density at radius 1 is 1.27 bits per heavy atom. The van der Waals surface area contributed by atoms with E-state index in [1.54, 1.807) is 24.3 Å². The molecule has 1 aromatic carbocycles. The first-order valence-corrected chi connectivity index (χ1v) is 9.01. The lowest BCUT2D eigenvalue weighted by Crippen LogP contribution is -2.45. The zero-order valence-corrected chi connectivity index (χ0v) is 14.9. The van der Waals surface area contributed by atoms with Gasteiger partial charge in [0.15, 0.2) is 6.61 Å². The van der Waals surface area contributed by atoms with Gasteiger partial charge < -0.3 is 9.64 Å². The lowest BCUT2D eigenvalue weighted by molar-refractivity contribution is -0.153. The lowest BCUT2D eigenvalue weighted by Gasteiger charge is -2.35. The molecule has 7 nitrogen and oxygen atoms in total. The number of aromatic amines is 1. The fourth-order valence-corrected chi connectivity index (χ4v) is 3.47. The van der Waals surface area contributed by atoms with E-state index in [-0.39, 0.29) is 30.5 Å². The number of fused-ring (bicyclic) bond motifs is 1. The summed E-state index contributed by atoms with van der Waals surface area (Å²) in [6.07, 6.45) is 3.94. The standard InChI is InChI=1S/C19H23N3O4/c1-2-13-7-5-6-10-22(13)17(23)12-26-18(24)11-16-14-8-3-4-9-15(14)19(25)21-20-16/h3-4,8-9,13H,2,5-7,10-12H2,1H3,(H,21,25)/t13-/m1/s1. The molecule has 26 heavy (non-hydrogen) atoms. The number of nitrogens with zero attached hydrogens (tertiary/aromatic N) is 2. The van der Waals surface area contributed by atoms with Gasteiger partial charge in [0, 0.05) is 18.0 Å². The topological polar surface area (TPSA) is 92.4 Å². The van der Waals surface area contributed by atoms with E-state index in [1.807, 2.05) is 4.90 Å². The van der Waals surface area contributed by atoms with Crippen LogP contribution in [0.1, 0.15) is 38.3 Å².